The highest BCUT2D eigenvalue weighted by Crippen LogP contribution is 2.17. The molecule has 1 aliphatic heterocycles. The van der Waals surface area contributed by atoms with Gasteiger partial charge < -0.3 is 15.0 Å². The second kappa shape index (κ2) is 6.70. The van der Waals surface area contributed by atoms with Gasteiger partial charge in [-0.05, 0) is 32.4 Å². The van der Waals surface area contributed by atoms with E-state index in [4.69, 9.17) is 4.74 Å². The smallest absolute Gasteiger partial charge is 0.254 e. The van der Waals surface area contributed by atoms with Crippen molar-refractivity contribution >= 4 is 11.7 Å². The number of hydrogen-bond donors (Lipinski definition) is 1. The molecule has 1 aliphatic rings. The molecule has 0 radical (unpaired) electrons. The molecule has 1 unspecified atom stereocenters. The fourth-order valence-corrected chi connectivity index (χ4v) is 2.49. The molecule has 1 saturated heterocycles. The predicted octanol–water partition coefficient (Wildman–Crippen LogP) is 2.07. The molecule has 20 heavy (non-hydrogen) atoms. The molecule has 5 heteroatoms. The maximum atomic E-state index is 12.7. The van der Waals surface area contributed by atoms with Crippen LogP contribution in [0.25, 0.3) is 0 Å². The molecule has 2 rings (SSSR count). The second-order valence-electron chi connectivity index (χ2n) is 5.05. The molecule has 1 aromatic heterocycles. The molecule has 1 N–H and O–H groups in total. The van der Waals surface area contributed by atoms with Crippen molar-refractivity contribution in [2.45, 2.75) is 33.2 Å². The summed E-state index contributed by atoms with van der Waals surface area (Å²) in [4.78, 5) is 19.0. The van der Waals surface area contributed by atoms with Gasteiger partial charge in [0.05, 0.1) is 19.3 Å². The number of nitrogens with one attached hydrogen (secondary N) is 1. The summed E-state index contributed by atoms with van der Waals surface area (Å²) >= 11 is 0. The number of nitrogens with zero attached hydrogens (tertiary/aromatic N) is 2. The lowest BCUT2D eigenvalue weighted by Gasteiger charge is -2.35. The molecule has 110 valence electrons. The number of amides is 1. The molecule has 0 aromatic carbocycles. The summed E-state index contributed by atoms with van der Waals surface area (Å²) in [7, 11) is 0. The first-order valence-corrected chi connectivity index (χ1v) is 7.27. The number of morpholine rings is 1. The number of hydrogen-bond acceptors (Lipinski definition) is 4. The van der Waals surface area contributed by atoms with E-state index >= 15 is 0 Å². The Hall–Kier alpha value is -1.62. The second-order valence-corrected chi connectivity index (χ2v) is 5.05. The molecule has 2 heterocycles. The normalized spacial score (nSPS) is 18.9. The van der Waals surface area contributed by atoms with Gasteiger partial charge in [-0.1, -0.05) is 6.92 Å². The molecule has 1 atom stereocenters. The quantitative estimate of drug-likeness (QED) is 0.915. The van der Waals surface area contributed by atoms with E-state index in [1.807, 2.05) is 30.9 Å². The van der Waals surface area contributed by atoms with E-state index in [2.05, 4.69) is 17.2 Å². The number of pyridine rings is 1. The van der Waals surface area contributed by atoms with E-state index in [0.717, 1.165) is 24.5 Å². The average molecular weight is 277 g/mol. The fourth-order valence-electron chi connectivity index (χ4n) is 2.49. The van der Waals surface area contributed by atoms with Crippen molar-refractivity contribution < 1.29 is 9.53 Å². The van der Waals surface area contributed by atoms with Crippen molar-refractivity contribution in [3.05, 3.63) is 23.4 Å². The van der Waals surface area contributed by atoms with Crippen LogP contribution in [0.5, 0.6) is 0 Å². The van der Waals surface area contributed by atoms with Crippen LogP contribution in [0.4, 0.5) is 5.82 Å². The zero-order valence-electron chi connectivity index (χ0n) is 12.5. The van der Waals surface area contributed by atoms with E-state index < -0.39 is 0 Å². The first-order chi connectivity index (χ1) is 9.65. The van der Waals surface area contributed by atoms with Crippen LogP contribution in [0.2, 0.25) is 0 Å². The monoisotopic (exact) mass is 277 g/mol. The van der Waals surface area contributed by atoms with Gasteiger partial charge in [-0.25, -0.2) is 4.98 Å². The zero-order valence-corrected chi connectivity index (χ0v) is 12.5. The molecular formula is C15H23N3O2. The van der Waals surface area contributed by atoms with Gasteiger partial charge in [0.2, 0.25) is 0 Å². The van der Waals surface area contributed by atoms with Gasteiger partial charge in [0.15, 0.2) is 0 Å². The van der Waals surface area contributed by atoms with Crippen LogP contribution in [0, 0.1) is 6.92 Å². The van der Waals surface area contributed by atoms with Crippen LogP contribution in [-0.4, -0.2) is 48.1 Å². The number of anilines is 1. The Morgan fingerprint density at radius 1 is 1.50 bits per heavy atom. The Kier molecular flexibility index (Phi) is 4.95. The number of rotatable bonds is 4. The van der Waals surface area contributed by atoms with Crippen molar-refractivity contribution in [3.8, 4) is 0 Å². The minimum absolute atomic E-state index is 0.0739. The SMILES string of the molecule is CCNc1cc(C(=O)N2CCOCC2CC)cc(C)n1. The van der Waals surface area contributed by atoms with Gasteiger partial charge in [-0.2, -0.15) is 0 Å². The highest BCUT2D eigenvalue weighted by Gasteiger charge is 2.27. The fraction of sp³-hybridized carbons (Fsp3) is 0.600. The molecule has 0 saturated carbocycles. The lowest BCUT2D eigenvalue weighted by molar-refractivity contribution is -0.00280. The van der Waals surface area contributed by atoms with Crippen molar-refractivity contribution in [1.29, 1.82) is 0 Å². The first-order valence-electron chi connectivity index (χ1n) is 7.27. The van der Waals surface area contributed by atoms with Crippen LogP contribution in [0.1, 0.15) is 36.3 Å². The van der Waals surface area contributed by atoms with E-state index in [-0.39, 0.29) is 11.9 Å². The average Bonchev–Trinajstić information content (AvgIpc) is 2.46. The van der Waals surface area contributed by atoms with E-state index in [9.17, 15) is 4.79 Å². The predicted molar refractivity (Wildman–Crippen MR) is 79.1 cm³/mol. The maximum absolute atomic E-state index is 12.7. The third-order valence-electron chi connectivity index (χ3n) is 3.52. The first kappa shape index (κ1) is 14.8. The number of aryl methyl sites for hydroxylation is 1. The minimum Gasteiger partial charge on any atom is -0.377 e. The third kappa shape index (κ3) is 3.28. The molecule has 1 fully saturated rings. The highest BCUT2D eigenvalue weighted by atomic mass is 16.5. The molecule has 0 aliphatic carbocycles. The van der Waals surface area contributed by atoms with Crippen LogP contribution < -0.4 is 5.32 Å². The van der Waals surface area contributed by atoms with Gasteiger partial charge in [0.1, 0.15) is 5.82 Å². The third-order valence-corrected chi connectivity index (χ3v) is 3.52. The molecule has 0 spiro atoms. The Morgan fingerprint density at radius 3 is 3.00 bits per heavy atom. The summed E-state index contributed by atoms with van der Waals surface area (Å²) in [6, 6.07) is 3.86. The lowest BCUT2D eigenvalue weighted by atomic mass is 10.1. The summed E-state index contributed by atoms with van der Waals surface area (Å²) in [6.45, 7) is 8.71. The molecule has 1 aromatic rings. The molecule has 1 amide bonds. The van der Waals surface area contributed by atoms with Gasteiger partial charge in [-0.15, -0.1) is 0 Å². The zero-order chi connectivity index (χ0) is 14.5. The van der Waals surface area contributed by atoms with Gasteiger partial charge >= 0.3 is 0 Å². The lowest BCUT2D eigenvalue weighted by Crippen LogP contribution is -2.48. The summed E-state index contributed by atoms with van der Waals surface area (Å²) in [5.41, 5.74) is 1.56. The summed E-state index contributed by atoms with van der Waals surface area (Å²) < 4.78 is 5.46. The van der Waals surface area contributed by atoms with Gasteiger partial charge in [0, 0.05) is 24.3 Å². The van der Waals surface area contributed by atoms with Crippen LogP contribution in [0.15, 0.2) is 12.1 Å². The maximum Gasteiger partial charge on any atom is 0.254 e. The van der Waals surface area contributed by atoms with Crippen LogP contribution in [-0.2, 0) is 4.74 Å². The molecule has 5 nitrogen and oxygen atoms in total. The largest absolute Gasteiger partial charge is 0.377 e. The van der Waals surface area contributed by atoms with Gasteiger partial charge in [-0.3, -0.25) is 4.79 Å². The summed E-state index contributed by atoms with van der Waals surface area (Å²) in [5.74, 6) is 0.835. The van der Waals surface area contributed by atoms with E-state index in [1.54, 1.807) is 0 Å². The van der Waals surface area contributed by atoms with Crippen molar-refractivity contribution in [1.82, 2.24) is 9.88 Å². The number of carbonyl (C=O) groups excluding carboxylic acids is 1. The summed E-state index contributed by atoms with van der Waals surface area (Å²) in [5, 5.41) is 3.17. The molecular weight excluding hydrogens is 254 g/mol. The van der Waals surface area contributed by atoms with Crippen molar-refractivity contribution in [2.75, 3.05) is 31.6 Å². The number of aromatic nitrogens is 1. The minimum atomic E-state index is 0.0739. The Morgan fingerprint density at radius 2 is 2.30 bits per heavy atom. The Bertz CT molecular complexity index is 476. The number of ether oxygens (including phenoxy) is 1. The highest BCUT2D eigenvalue weighted by molar-refractivity contribution is 5.95. The number of carbonyl (C=O) groups is 1. The summed E-state index contributed by atoms with van der Waals surface area (Å²) in [6.07, 6.45) is 0.913. The van der Waals surface area contributed by atoms with Crippen LogP contribution in [0.3, 0.4) is 0 Å². The van der Waals surface area contributed by atoms with E-state index in [1.165, 1.54) is 0 Å². The topological polar surface area (TPSA) is 54.5 Å². The van der Waals surface area contributed by atoms with Gasteiger partial charge in [0.25, 0.3) is 5.91 Å². The van der Waals surface area contributed by atoms with Crippen molar-refractivity contribution in [3.63, 3.8) is 0 Å². The van der Waals surface area contributed by atoms with Crippen molar-refractivity contribution in [2.24, 2.45) is 0 Å². The van der Waals surface area contributed by atoms with E-state index in [0.29, 0.717) is 25.3 Å². The Labute approximate surface area is 120 Å². The van der Waals surface area contributed by atoms with Crippen LogP contribution >= 0.6 is 0 Å². The standard InChI is InChI=1S/C15H23N3O2/c1-4-13-10-20-7-6-18(13)15(19)12-8-11(3)17-14(9-12)16-5-2/h8-9,13H,4-7,10H2,1-3H3,(H,16,17). The molecule has 0 bridgehead atoms. The Balaban J connectivity index is 2.23.